The molecule has 1 N–H and O–H groups in total. The van der Waals surface area contributed by atoms with Gasteiger partial charge in [-0.2, -0.15) is 5.10 Å². The highest BCUT2D eigenvalue weighted by Gasteiger charge is 2.31. The van der Waals surface area contributed by atoms with E-state index in [4.69, 9.17) is 5.10 Å². The summed E-state index contributed by atoms with van der Waals surface area (Å²) in [5.74, 6) is 0.0836. The number of likely N-dealkylation sites (tertiary alicyclic amines) is 1. The van der Waals surface area contributed by atoms with Crippen LogP contribution >= 0.6 is 0 Å². The van der Waals surface area contributed by atoms with Crippen molar-refractivity contribution in [2.75, 3.05) is 18.4 Å². The van der Waals surface area contributed by atoms with Crippen LogP contribution in [0, 0.1) is 19.8 Å². The standard InChI is InChI=1S/C30H31N5O2/c1-21-12-14-24(15-13-21)27-26(20-35(33-27)18-23-9-4-3-5-10-23)30(37)34-17-7-11-25(19-34)29(36)32-28-22(2)8-6-16-31-28/h3-6,8-10,12-16,20,25H,7,11,17-19H2,1-2H3,(H,31,32,36). The Kier molecular flexibility index (Phi) is 7.12. The molecule has 2 aromatic carbocycles. The molecule has 0 spiro atoms. The van der Waals surface area contributed by atoms with Gasteiger partial charge in [0.15, 0.2) is 0 Å². The Morgan fingerprint density at radius 3 is 2.54 bits per heavy atom. The molecule has 1 unspecified atom stereocenters. The van der Waals surface area contributed by atoms with Crippen LogP contribution in [0.1, 0.15) is 39.9 Å². The van der Waals surface area contributed by atoms with E-state index in [-0.39, 0.29) is 17.7 Å². The molecule has 188 valence electrons. The van der Waals surface area contributed by atoms with Gasteiger partial charge in [-0.1, -0.05) is 66.2 Å². The van der Waals surface area contributed by atoms with E-state index in [0.29, 0.717) is 36.7 Å². The van der Waals surface area contributed by atoms with Gasteiger partial charge in [-0.05, 0) is 43.9 Å². The van der Waals surface area contributed by atoms with Crippen LogP contribution < -0.4 is 5.32 Å². The molecule has 1 fully saturated rings. The fourth-order valence-electron chi connectivity index (χ4n) is 4.74. The summed E-state index contributed by atoms with van der Waals surface area (Å²) in [4.78, 5) is 33.0. The number of carbonyl (C=O) groups excluding carboxylic acids is 2. The van der Waals surface area contributed by atoms with Crippen molar-refractivity contribution in [2.24, 2.45) is 5.92 Å². The van der Waals surface area contributed by atoms with Crippen LogP contribution in [0.4, 0.5) is 5.82 Å². The number of amides is 2. The number of hydrogen-bond acceptors (Lipinski definition) is 4. The van der Waals surface area contributed by atoms with Crippen LogP contribution in [-0.4, -0.2) is 44.6 Å². The predicted octanol–water partition coefficient (Wildman–Crippen LogP) is 5.10. The van der Waals surface area contributed by atoms with Gasteiger partial charge >= 0.3 is 0 Å². The van der Waals surface area contributed by atoms with Crippen LogP contribution in [0.15, 0.2) is 79.1 Å². The monoisotopic (exact) mass is 493 g/mol. The maximum absolute atomic E-state index is 13.8. The third-order valence-corrected chi connectivity index (χ3v) is 6.83. The van der Waals surface area contributed by atoms with E-state index in [0.717, 1.165) is 35.1 Å². The first-order valence-corrected chi connectivity index (χ1v) is 12.7. The molecule has 7 nitrogen and oxygen atoms in total. The molecular formula is C30H31N5O2. The van der Waals surface area contributed by atoms with Crippen LogP contribution in [0.2, 0.25) is 0 Å². The van der Waals surface area contributed by atoms with Crippen molar-refractivity contribution in [3.05, 3.63) is 101 Å². The first kappa shape index (κ1) is 24.4. The average Bonchev–Trinajstić information content (AvgIpc) is 3.34. The summed E-state index contributed by atoms with van der Waals surface area (Å²) < 4.78 is 1.83. The van der Waals surface area contributed by atoms with Crippen molar-refractivity contribution < 1.29 is 9.59 Å². The molecule has 4 aromatic rings. The molecule has 1 saturated heterocycles. The van der Waals surface area contributed by atoms with Crippen LogP contribution in [0.5, 0.6) is 0 Å². The molecule has 2 amide bonds. The van der Waals surface area contributed by atoms with Gasteiger partial charge in [-0.15, -0.1) is 0 Å². The van der Waals surface area contributed by atoms with E-state index in [1.165, 1.54) is 0 Å². The summed E-state index contributed by atoms with van der Waals surface area (Å²) >= 11 is 0. The minimum absolute atomic E-state index is 0.0959. The van der Waals surface area contributed by atoms with Gasteiger partial charge in [0.1, 0.15) is 11.5 Å². The average molecular weight is 494 g/mol. The van der Waals surface area contributed by atoms with Gasteiger partial charge in [0.2, 0.25) is 5.91 Å². The number of aromatic nitrogens is 3. The minimum Gasteiger partial charge on any atom is -0.338 e. The van der Waals surface area contributed by atoms with E-state index in [1.54, 1.807) is 11.1 Å². The Balaban J connectivity index is 1.39. The molecular weight excluding hydrogens is 462 g/mol. The lowest BCUT2D eigenvalue weighted by Gasteiger charge is -2.32. The number of rotatable bonds is 6. The Morgan fingerprint density at radius 1 is 1.00 bits per heavy atom. The molecule has 1 atom stereocenters. The zero-order chi connectivity index (χ0) is 25.8. The van der Waals surface area contributed by atoms with Crippen LogP contribution in [0.25, 0.3) is 11.3 Å². The predicted molar refractivity (Wildman–Crippen MR) is 144 cm³/mol. The van der Waals surface area contributed by atoms with Gasteiger partial charge in [0, 0.05) is 31.0 Å². The highest BCUT2D eigenvalue weighted by Crippen LogP contribution is 2.27. The highest BCUT2D eigenvalue weighted by atomic mass is 16.2. The maximum Gasteiger partial charge on any atom is 0.257 e. The maximum atomic E-state index is 13.8. The van der Waals surface area contributed by atoms with Crippen molar-refractivity contribution in [2.45, 2.75) is 33.2 Å². The first-order chi connectivity index (χ1) is 18.0. The molecule has 2 aromatic heterocycles. The first-order valence-electron chi connectivity index (χ1n) is 12.7. The number of nitrogens with zero attached hydrogens (tertiary/aromatic N) is 4. The third-order valence-electron chi connectivity index (χ3n) is 6.83. The molecule has 0 radical (unpaired) electrons. The van der Waals surface area contributed by atoms with Crippen molar-refractivity contribution in [3.63, 3.8) is 0 Å². The molecule has 7 heteroatoms. The number of carbonyl (C=O) groups is 2. The fourth-order valence-corrected chi connectivity index (χ4v) is 4.74. The number of benzene rings is 2. The van der Waals surface area contributed by atoms with E-state index in [2.05, 4.69) is 10.3 Å². The zero-order valence-corrected chi connectivity index (χ0v) is 21.2. The lowest BCUT2D eigenvalue weighted by molar-refractivity contribution is -0.121. The number of nitrogens with one attached hydrogen (secondary N) is 1. The van der Waals surface area contributed by atoms with Crippen molar-refractivity contribution in [1.29, 1.82) is 0 Å². The quantitative estimate of drug-likeness (QED) is 0.405. The molecule has 0 saturated carbocycles. The molecule has 5 rings (SSSR count). The Bertz CT molecular complexity index is 1400. The number of hydrogen-bond donors (Lipinski definition) is 1. The van der Waals surface area contributed by atoms with E-state index >= 15 is 0 Å². The smallest absolute Gasteiger partial charge is 0.257 e. The van der Waals surface area contributed by atoms with Gasteiger partial charge in [0.25, 0.3) is 5.91 Å². The Morgan fingerprint density at radius 2 is 1.78 bits per heavy atom. The van der Waals surface area contributed by atoms with Gasteiger partial charge in [-0.3, -0.25) is 14.3 Å². The normalized spacial score (nSPS) is 15.4. The van der Waals surface area contributed by atoms with Gasteiger partial charge in [-0.25, -0.2) is 4.98 Å². The molecule has 37 heavy (non-hydrogen) atoms. The molecule has 1 aliphatic rings. The zero-order valence-electron chi connectivity index (χ0n) is 21.2. The van der Waals surface area contributed by atoms with Crippen LogP contribution in [-0.2, 0) is 11.3 Å². The number of pyridine rings is 1. The summed E-state index contributed by atoms with van der Waals surface area (Å²) in [6.45, 7) is 5.51. The van der Waals surface area contributed by atoms with Gasteiger partial charge in [0.05, 0.1) is 18.0 Å². The van der Waals surface area contributed by atoms with E-state index < -0.39 is 0 Å². The second-order valence-electron chi connectivity index (χ2n) is 9.69. The summed E-state index contributed by atoms with van der Waals surface area (Å²) in [5, 5.41) is 7.77. The number of piperidine rings is 1. The van der Waals surface area contributed by atoms with Crippen molar-refractivity contribution in [1.82, 2.24) is 19.7 Å². The van der Waals surface area contributed by atoms with Crippen molar-refractivity contribution >= 4 is 17.6 Å². The second kappa shape index (κ2) is 10.8. The van der Waals surface area contributed by atoms with Crippen LogP contribution in [0.3, 0.4) is 0 Å². The number of aryl methyl sites for hydroxylation is 2. The van der Waals surface area contributed by atoms with Gasteiger partial charge < -0.3 is 10.2 Å². The Hall–Kier alpha value is -4.26. The SMILES string of the molecule is Cc1ccc(-c2nn(Cc3ccccc3)cc2C(=O)N2CCCC(C(=O)Nc3ncccc3C)C2)cc1. The van der Waals surface area contributed by atoms with E-state index in [9.17, 15) is 9.59 Å². The summed E-state index contributed by atoms with van der Waals surface area (Å²) in [5.41, 5.74) is 5.29. The van der Waals surface area contributed by atoms with E-state index in [1.807, 2.05) is 91.5 Å². The largest absolute Gasteiger partial charge is 0.338 e. The highest BCUT2D eigenvalue weighted by molar-refractivity contribution is 6.00. The lowest BCUT2D eigenvalue weighted by atomic mass is 9.96. The third kappa shape index (κ3) is 5.61. The molecule has 1 aliphatic heterocycles. The molecule has 3 heterocycles. The minimum atomic E-state index is -0.290. The Labute approximate surface area is 217 Å². The summed E-state index contributed by atoms with van der Waals surface area (Å²) in [6, 6.07) is 21.9. The van der Waals surface area contributed by atoms with Crippen molar-refractivity contribution in [3.8, 4) is 11.3 Å². The molecule has 0 bridgehead atoms. The number of anilines is 1. The summed E-state index contributed by atoms with van der Waals surface area (Å²) in [7, 11) is 0. The fraction of sp³-hybridized carbons (Fsp3) is 0.267. The lowest BCUT2D eigenvalue weighted by Crippen LogP contribution is -2.44. The topological polar surface area (TPSA) is 80.1 Å². The summed E-state index contributed by atoms with van der Waals surface area (Å²) in [6.07, 6.45) is 5.01. The second-order valence-corrected chi connectivity index (χ2v) is 9.69. The molecule has 0 aliphatic carbocycles.